The van der Waals surface area contributed by atoms with Gasteiger partial charge in [0.2, 0.25) is 5.91 Å². The summed E-state index contributed by atoms with van der Waals surface area (Å²) in [6.45, 7) is 0. The molecule has 14 heavy (non-hydrogen) atoms. The molecule has 0 aromatic heterocycles. The number of likely N-dealkylation sites (N-methyl/N-ethyl adjacent to an activating group) is 1. The summed E-state index contributed by atoms with van der Waals surface area (Å²) < 4.78 is 0. The SMILES string of the molecule is CN(C)C(=O)Cc1cc(O)ccc1N. The highest BCUT2D eigenvalue weighted by atomic mass is 16.3. The Morgan fingerprint density at radius 3 is 2.71 bits per heavy atom. The summed E-state index contributed by atoms with van der Waals surface area (Å²) in [7, 11) is 3.36. The van der Waals surface area contributed by atoms with Crippen molar-refractivity contribution in [3.8, 4) is 5.75 Å². The van der Waals surface area contributed by atoms with E-state index in [4.69, 9.17) is 5.73 Å². The zero-order chi connectivity index (χ0) is 10.7. The van der Waals surface area contributed by atoms with Crippen LogP contribution in [0.15, 0.2) is 18.2 Å². The van der Waals surface area contributed by atoms with Crippen LogP contribution in [-0.4, -0.2) is 30.0 Å². The second-order valence-corrected chi connectivity index (χ2v) is 3.35. The van der Waals surface area contributed by atoms with Crippen LogP contribution >= 0.6 is 0 Å². The van der Waals surface area contributed by atoms with E-state index in [-0.39, 0.29) is 18.1 Å². The summed E-state index contributed by atoms with van der Waals surface area (Å²) in [4.78, 5) is 12.9. The number of hydrogen-bond acceptors (Lipinski definition) is 3. The number of nitrogen functional groups attached to an aromatic ring is 1. The Kier molecular flexibility index (Phi) is 2.96. The Morgan fingerprint density at radius 1 is 1.50 bits per heavy atom. The largest absolute Gasteiger partial charge is 0.508 e. The first kappa shape index (κ1) is 10.4. The number of phenolic OH excluding ortho intramolecular Hbond substituents is 1. The van der Waals surface area contributed by atoms with Gasteiger partial charge in [-0.3, -0.25) is 4.79 Å². The van der Waals surface area contributed by atoms with Gasteiger partial charge in [0.1, 0.15) is 5.75 Å². The second kappa shape index (κ2) is 4.00. The molecular weight excluding hydrogens is 180 g/mol. The minimum atomic E-state index is -0.0395. The molecule has 0 saturated carbocycles. The van der Waals surface area contributed by atoms with Crippen molar-refractivity contribution in [3.05, 3.63) is 23.8 Å². The van der Waals surface area contributed by atoms with E-state index in [1.165, 1.54) is 17.0 Å². The van der Waals surface area contributed by atoms with Crippen LogP contribution in [-0.2, 0) is 11.2 Å². The van der Waals surface area contributed by atoms with Gasteiger partial charge < -0.3 is 15.7 Å². The summed E-state index contributed by atoms with van der Waals surface area (Å²) >= 11 is 0. The lowest BCUT2D eigenvalue weighted by Gasteiger charge is -2.11. The maximum absolute atomic E-state index is 11.4. The quantitative estimate of drug-likeness (QED) is 0.535. The van der Waals surface area contributed by atoms with Crippen molar-refractivity contribution in [2.24, 2.45) is 0 Å². The van der Waals surface area contributed by atoms with Crippen LogP contribution in [0, 0.1) is 0 Å². The molecular formula is C10H14N2O2. The van der Waals surface area contributed by atoms with Gasteiger partial charge in [0.15, 0.2) is 0 Å². The van der Waals surface area contributed by atoms with Crippen molar-refractivity contribution in [1.29, 1.82) is 0 Å². The molecule has 0 fully saturated rings. The molecule has 0 unspecified atom stereocenters. The fourth-order valence-electron chi connectivity index (χ4n) is 1.07. The molecule has 0 heterocycles. The van der Waals surface area contributed by atoms with Crippen molar-refractivity contribution < 1.29 is 9.90 Å². The van der Waals surface area contributed by atoms with Gasteiger partial charge in [-0.15, -0.1) is 0 Å². The van der Waals surface area contributed by atoms with Gasteiger partial charge in [-0.05, 0) is 23.8 Å². The Balaban J connectivity index is 2.86. The van der Waals surface area contributed by atoms with Crippen molar-refractivity contribution in [3.63, 3.8) is 0 Å². The van der Waals surface area contributed by atoms with Crippen LogP contribution in [0.25, 0.3) is 0 Å². The number of nitrogens with two attached hydrogens (primary N) is 1. The summed E-state index contributed by atoms with van der Waals surface area (Å²) in [5.74, 6) is 0.0862. The van der Waals surface area contributed by atoms with Crippen LogP contribution in [0.5, 0.6) is 5.75 Å². The number of hydrogen-bond donors (Lipinski definition) is 2. The van der Waals surface area contributed by atoms with Crippen LogP contribution < -0.4 is 5.73 Å². The standard InChI is InChI=1S/C10H14N2O2/c1-12(2)10(14)6-7-5-8(13)3-4-9(7)11/h3-5,13H,6,11H2,1-2H3. The van der Waals surface area contributed by atoms with E-state index in [0.717, 1.165) is 0 Å². The maximum Gasteiger partial charge on any atom is 0.226 e. The lowest BCUT2D eigenvalue weighted by Crippen LogP contribution is -2.23. The topological polar surface area (TPSA) is 66.6 Å². The van der Waals surface area contributed by atoms with Crippen LogP contribution in [0.4, 0.5) is 5.69 Å². The third-order valence-electron chi connectivity index (χ3n) is 1.97. The Hall–Kier alpha value is -1.71. The molecule has 3 N–H and O–H groups in total. The van der Waals surface area contributed by atoms with E-state index in [1.807, 2.05) is 0 Å². The zero-order valence-electron chi connectivity index (χ0n) is 8.32. The van der Waals surface area contributed by atoms with Gasteiger partial charge >= 0.3 is 0 Å². The molecule has 1 amide bonds. The Bertz CT molecular complexity index is 348. The summed E-state index contributed by atoms with van der Waals surface area (Å²) in [5.41, 5.74) is 6.84. The molecule has 4 nitrogen and oxygen atoms in total. The molecule has 1 aromatic carbocycles. The number of rotatable bonds is 2. The summed E-state index contributed by atoms with van der Waals surface area (Å²) in [6, 6.07) is 4.60. The molecule has 0 aliphatic rings. The van der Waals surface area contributed by atoms with Crippen molar-refractivity contribution in [1.82, 2.24) is 4.90 Å². The minimum absolute atomic E-state index is 0.0395. The average molecular weight is 194 g/mol. The van der Waals surface area contributed by atoms with Crippen molar-refractivity contribution in [2.45, 2.75) is 6.42 Å². The van der Waals surface area contributed by atoms with Crippen LogP contribution in [0.2, 0.25) is 0 Å². The van der Waals surface area contributed by atoms with Gasteiger partial charge in [-0.25, -0.2) is 0 Å². The van der Waals surface area contributed by atoms with E-state index in [9.17, 15) is 9.90 Å². The van der Waals surface area contributed by atoms with E-state index in [0.29, 0.717) is 11.3 Å². The maximum atomic E-state index is 11.4. The summed E-state index contributed by atoms with van der Waals surface area (Å²) in [6.07, 6.45) is 0.216. The molecule has 0 radical (unpaired) electrons. The molecule has 0 bridgehead atoms. The molecule has 0 spiro atoms. The van der Waals surface area contributed by atoms with Gasteiger partial charge in [0.05, 0.1) is 6.42 Å². The first-order valence-electron chi connectivity index (χ1n) is 4.28. The molecule has 0 aliphatic carbocycles. The number of anilines is 1. The number of phenols is 1. The van der Waals surface area contributed by atoms with Crippen molar-refractivity contribution in [2.75, 3.05) is 19.8 Å². The van der Waals surface area contributed by atoms with Crippen LogP contribution in [0.1, 0.15) is 5.56 Å². The fraction of sp³-hybridized carbons (Fsp3) is 0.300. The number of benzene rings is 1. The second-order valence-electron chi connectivity index (χ2n) is 3.35. The Labute approximate surface area is 82.9 Å². The first-order valence-corrected chi connectivity index (χ1v) is 4.28. The zero-order valence-corrected chi connectivity index (χ0v) is 8.32. The predicted octanol–water partition coefficient (Wildman–Crippen LogP) is 0.605. The number of nitrogens with zero attached hydrogens (tertiary/aromatic N) is 1. The van der Waals surface area contributed by atoms with Gasteiger partial charge in [0.25, 0.3) is 0 Å². The number of aromatic hydroxyl groups is 1. The third kappa shape index (κ3) is 2.39. The molecule has 1 rings (SSSR count). The smallest absolute Gasteiger partial charge is 0.226 e. The molecule has 0 aliphatic heterocycles. The van der Waals surface area contributed by atoms with Crippen LogP contribution in [0.3, 0.4) is 0 Å². The monoisotopic (exact) mass is 194 g/mol. The number of carbonyl (C=O) groups is 1. The minimum Gasteiger partial charge on any atom is -0.508 e. The predicted molar refractivity (Wildman–Crippen MR) is 54.9 cm³/mol. The average Bonchev–Trinajstić information content (AvgIpc) is 2.11. The molecule has 4 heteroatoms. The van der Waals surface area contributed by atoms with E-state index < -0.39 is 0 Å². The van der Waals surface area contributed by atoms with Gasteiger partial charge in [-0.2, -0.15) is 0 Å². The van der Waals surface area contributed by atoms with E-state index in [2.05, 4.69) is 0 Å². The van der Waals surface area contributed by atoms with Gasteiger partial charge in [-0.1, -0.05) is 0 Å². The highest BCUT2D eigenvalue weighted by Gasteiger charge is 2.08. The molecule has 76 valence electrons. The Morgan fingerprint density at radius 2 is 2.14 bits per heavy atom. The lowest BCUT2D eigenvalue weighted by molar-refractivity contribution is -0.127. The normalized spacial score (nSPS) is 9.86. The number of amides is 1. The molecule has 0 atom stereocenters. The van der Waals surface area contributed by atoms with E-state index >= 15 is 0 Å². The number of carbonyl (C=O) groups excluding carboxylic acids is 1. The molecule has 1 aromatic rings. The van der Waals surface area contributed by atoms with Gasteiger partial charge in [0, 0.05) is 19.8 Å². The highest BCUT2D eigenvalue weighted by molar-refractivity contribution is 5.80. The first-order chi connectivity index (χ1) is 6.50. The molecule has 0 saturated heterocycles. The highest BCUT2D eigenvalue weighted by Crippen LogP contribution is 2.19. The van der Waals surface area contributed by atoms with Crippen molar-refractivity contribution >= 4 is 11.6 Å². The van der Waals surface area contributed by atoms with E-state index in [1.54, 1.807) is 20.2 Å². The summed E-state index contributed by atoms with van der Waals surface area (Å²) in [5, 5.41) is 9.21. The lowest BCUT2D eigenvalue weighted by atomic mass is 10.1. The third-order valence-corrected chi connectivity index (χ3v) is 1.97. The fourth-order valence-corrected chi connectivity index (χ4v) is 1.07.